The summed E-state index contributed by atoms with van der Waals surface area (Å²) >= 11 is 0. The Kier molecular flexibility index (Phi) is 3.30. The van der Waals surface area contributed by atoms with Crippen LogP contribution in [0.5, 0.6) is 11.5 Å². The van der Waals surface area contributed by atoms with E-state index in [9.17, 15) is 0 Å². The highest BCUT2D eigenvalue weighted by Gasteiger charge is 2.17. The molecular weight excluding hydrogens is 304 g/mol. The van der Waals surface area contributed by atoms with Crippen LogP contribution >= 0.6 is 0 Å². The molecule has 6 nitrogen and oxygen atoms in total. The van der Waals surface area contributed by atoms with Crippen molar-refractivity contribution >= 4 is 21.9 Å². The number of hydrogen-bond donors (Lipinski definition) is 0. The summed E-state index contributed by atoms with van der Waals surface area (Å²) in [6.45, 7) is 1.97. The first-order chi connectivity index (χ1) is 11.7. The van der Waals surface area contributed by atoms with Crippen molar-refractivity contribution in [3.8, 4) is 17.2 Å². The fourth-order valence-corrected chi connectivity index (χ4v) is 2.92. The largest absolute Gasteiger partial charge is 0.493 e. The number of benzene rings is 2. The number of rotatable bonds is 3. The van der Waals surface area contributed by atoms with E-state index in [0.29, 0.717) is 11.5 Å². The molecule has 2 aromatic carbocycles. The van der Waals surface area contributed by atoms with Crippen LogP contribution in [0.3, 0.4) is 0 Å². The zero-order chi connectivity index (χ0) is 16.7. The lowest BCUT2D eigenvalue weighted by Gasteiger charge is -2.09. The van der Waals surface area contributed by atoms with Crippen molar-refractivity contribution in [2.24, 2.45) is 0 Å². The van der Waals surface area contributed by atoms with Crippen molar-refractivity contribution in [1.29, 1.82) is 0 Å². The van der Waals surface area contributed by atoms with Crippen LogP contribution in [0.4, 0.5) is 0 Å². The third-order valence-electron chi connectivity index (χ3n) is 4.06. The van der Waals surface area contributed by atoms with Gasteiger partial charge in [0, 0.05) is 11.5 Å². The van der Waals surface area contributed by atoms with Gasteiger partial charge in [-0.1, -0.05) is 18.2 Å². The van der Waals surface area contributed by atoms with Gasteiger partial charge in [0.05, 0.1) is 36.5 Å². The van der Waals surface area contributed by atoms with E-state index in [0.717, 1.165) is 33.3 Å². The molecule has 2 aromatic heterocycles. The zero-order valence-corrected chi connectivity index (χ0v) is 13.6. The molecule has 0 atom stereocenters. The lowest BCUT2D eigenvalue weighted by molar-refractivity contribution is 0.356. The lowest BCUT2D eigenvalue weighted by Crippen LogP contribution is -1.99. The van der Waals surface area contributed by atoms with Gasteiger partial charge in [-0.15, -0.1) is 10.2 Å². The Hall–Kier alpha value is -3.15. The van der Waals surface area contributed by atoms with Gasteiger partial charge in [-0.3, -0.25) is 0 Å². The molecule has 0 aliphatic carbocycles. The van der Waals surface area contributed by atoms with Crippen molar-refractivity contribution in [3.05, 3.63) is 48.2 Å². The standard InChI is InChI=1S/C18H16N4O2/c1-11-17-13-9-15(23-2)16(24-3)10-14(13)19-20-18(17)22(21-11)12-7-5-4-6-8-12/h4-10H,1-3H3. The van der Waals surface area contributed by atoms with Crippen LogP contribution in [0, 0.1) is 6.92 Å². The van der Waals surface area contributed by atoms with Crippen molar-refractivity contribution < 1.29 is 9.47 Å². The number of fused-ring (bicyclic) bond motifs is 3. The number of methoxy groups -OCH3 is 2. The van der Waals surface area contributed by atoms with E-state index < -0.39 is 0 Å². The number of aromatic nitrogens is 4. The van der Waals surface area contributed by atoms with Gasteiger partial charge >= 0.3 is 0 Å². The molecule has 0 aliphatic heterocycles. The highest BCUT2D eigenvalue weighted by Crippen LogP contribution is 2.35. The number of nitrogens with zero attached hydrogens (tertiary/aromatic N) is 4. The molecule has 0 spiro atoms. The van der Waals surface area contributed by atoms with Gasteiger partial charge in [-0.05, 0) is 25.1 Å². The molecular formula is C18H16N4O2. The van der Waals surface area contributed by atoms with E-state index in [4.69, 9.17) is 9.47 Å². The van der Waals surface area contributed by atoms with Crippen molar-refractivity contribution in [2.45, 2.75) is 6.92 Å². The Morgan fingerprint density at radius 1 is 0.917 bits per heavy atom. The monoisotopic (exact) mass is 320 g/mol. The molecule has 0 bridgehead atoms. The molecule has 0 saturated heterocycles. The van der Waals surface area contributed by atoms with Gasteiger partial charge in [0.1, 0.15) is 0 Å². The van der Waals surface area contributed by atoms with Crippen LogP contribution in [0.1, 0.15) is 5.69 Å². The summed E-state index contributed by atoms with van der Waals surface area (Å²) in [6, 6.07) is 13.7. The molecule has 24 heavy (non-hydrogen) atoms. The molecule has 0 radical (unpaired) electrons. The Labute approximate surface area is 138 Å². The second kappa shape index (κ2) is 5.49. The van der Waals surface area contributed by atoms with E-state index in [1.807, 2.05) is 54.1 Å². The van der Waals surface area contributed by atoms with E-state index in [-0.39, 0.29) is 0 Å². The predicted molar refractivity (Wildman–Crippen MR) is 92.0 cm³/mol. The third kappa shape index (κ3) is 2.07. The lowest BCUT2D eigenvalue weighted by atomic mass is 10.1. The maximum absolute atomic E-state index is 5.42. The van der Waals surface area contributed by atoms with Crippen molar-refractivity contribution in [1.82, 2.24) is 20.0 Å². The van der Waals surface area contributed by atoms with Gasteiger partial charge in [0.2, 0.25) is 0 Å². The second-order valence-corrected chi connectivity index (χ2v) is 5.46. The Balaban J connectivity index is 2.07. The zero-order valence-electron chi connectivity index (χ0n) is 13.6. The fourth-order valence-electron chi connectivity index (χ4n) is 2.92. The molecule has 4 rings (SSSR count). The van der Waals surface area contributed by atoms with Crippen molar-refractivity contribution in [3.63, 3.8) is 0 Å². The minimum atomic E-state index is 0.631. The van der Waals surface area contributed by atoms with Crippen LogP contribution in [-0.2, 0) is 0 Å². The highest BCUT2D eigenvalue weighted by atomic mass is 16.5. The molecule has 4 aromatic rings. The average Bonchev–Trinajstić information content (AvgIpc) is 2.98. The highest BCUT2D eigenvalue weighted by molar-refractivity contribution is 6.05. The summed E-state index contributed by atoms with van der Waals surface area (Å²) in [4.78, 5) is 0. The molecule has 0 unspecified atom stereocenters. The summed E-state index contributed by atoms with van der Waals surface area (Å²) in [7, 11) is 3.23. The van der Waals surface area contributed by atoms with Crippen LogP contribution in [0.25, 0.3) is 27.6 Å². The summed E-state index contributed by atoms with van der Waals surface area (Å²) in [5.74, 6) is 1.29. The normalized spacial score (nSPS) is 11.1. The fraction of sp³-hybridized carbons (Fsp3) is 0.167. The molecule has 0 amide bonds. The van der Waals surface area contributed by atoms with Crippen LogP contribution in [-0.4, -0.2) is 34.2 Å². The first-order valence-corrected chi connectivity index (χ1v) is 7.56. The predicted octanol–water partition coefficient (Wildman–Crippen LogP) is 3.29. The summed E-state index contributed by atoms with van der Waals surface area (Å²) in [6.07, 6.45) is 0. The van der Waals surface area contributed by atoms with Gasteiger partial charge < -0.3 is 9.47 Å². The molecule has 0 N–H and O–H groups in total. The van der Waals surface area contributed by atoms with Crippen LogP contribution < -0.4 is 9.47 Å². The third-order valence-corrected chi connectivity index (χ3v) is 4.06. The van der Waals surface area contributed by atoms with E-state index >= 15 is 0 Å². The Morgan fingerprint density at radius 2 is 1.62 bits per heavy atom. The molecule has 0 saturated carbocycles. The molecule has 2 heterocycles. The van der Waals surface area contributed by atoms with Gasteiger partial charge in [-0.25, -0.2) is 4.68 Å². The molecule has 6 heteroatoms. The number of aryl methyl sites for hydroxylation is 1. The number of ether oxygens (including phenoxy) is 2. The Morgan fingerprint density at radius 3 is 2.33 bits per heavy atom. The van der Waals surface area contributed by atoms with E-state index in [2.05, 4.69) is 15.3 Å². The quantitative estimate of drug-likeness (QED) is 0.579. The smallest absolute Gasteiger partial charge is 0.186 e. The number of para-hydroxylation sites is 1. The van der Waals surface area contributed by atoms with E-state index in [1.165, 1.54) is 0 Å². The molecule has 120 valence electrons. The number of hydrogen-bond acceptors (Lipinski definition) is 5. The first kappa shape index (κ1) is 14.4. The van der Waals surface area contributed by atoms with E-state index in [1.54, 1.807) is 14.2 Å². The first-order valence-electron chi connectivity index (χ1n) is 7.56. The van der Waals surface area contributed by atoms with Gasteiger partial charge in [-0.2, -0.15) is 5.10 Å². The van der Waals surface area contributed by atoms with Crippen molar-refractivity contribution in [2.75, 3.05) is 14.2 Å². The molecule has 0 aliphatic rings. The van der Waals surface area contributed by atoms with Gasteiger partial charge in [0.15, 0.2) is 17.1 Å². The Bertz CT molecular complexity index is 1040. The van der Waals surface area contributed by atoms with Gasteiger partial charge in [0.25, 0.3) is 0 Å². The minimum absolute atomic E-state index is 0.631. The van der Waals surface area contributed by atoms with Crippen LogP contribution in [0.15, 0.2) is 42.5 Å². The summed E-state index contributed by atoms with van der Waals surface area (Å²) in [5, 5.41) is 15.3. The maximum Gasteiger partial charge on any atom is 0.186 e. The van der Waals surface area contributed by atoms with Crippen LogP contribution in [0.2, 0.25) is 0 Å². The summed E-state index contributed by atoms with van der Waals surface area (Å²) in [5.41, 5.74) is 3.31. The second-order valence-electron chi connectivity index (χ2n) is 5.46. The topological polar surface area (TPSA) is 62.1 Å². The molecule has 0 fully saturated rings. The maximum atomic E-state index is 5.42. The average molecular weight is 320 g/mol. The minimum Gasteiger partial charge on any atom is -0.493 e. The SMILES string of the molecule is COc1cc2nnc3c(c(C)nn3-c3ccccc3)c2cc1OC. The summed E-state index contributed by atoms with van der Waals surface area (Å²) < 4.78 is 12.6.